The molecule has 0 atom stereocenters. The van der Waals surface area contributed by atoms with Crippen LogP contribution in [0.5, 0.6) is 5.75 Å². The van der Waals surface area contributed by atoms with Gasteiger partial charge in [-0.1, -0.05) is 17.7 Å². The van der Waals surface area contributed by atoms with Crippen molar-refractivity contribution in [2.45, 2.75) is 27.0 Å². The van der Waals surface area contributed by atoms with E-state index in [4.69, 9.17) is 4.74 Å². The molecule has 1 rings (SSSR count). The number of ether oxygens (including phenoxy) is 2. The van der Waals surface area contributed by atoms with Gasteiger partial charge >= 0.3 is 6.61 Å². The van der Waals surface area contributed by atoms with E-state index in [0.29, 0.717) is 37.8 Å². The van der Waals surface area contributed by atoms with Gasteiger partial charge in [0, 0.05) is 32.3 Å². The molecule has 0 spiro atoms. The zero-order chi connectivity index (χ0) is 16.4. The van der Waals surface area contributed by atoms with Crippen molar-refractivity contribution in [3.63, 3.8) is 0 Å². The van der Waals surface area contributed by atoms with Crippen LogP contribution in [0.4, 0.5) is 8.78 Å². The van der Waals surface area contributed by atoms with Crippen molar-refractivity contribution in [3.05, 3.63) is 29.3 Å². The van der Waals surface area contributed by atoms with Gasteiger partial charge in [-0.05, 0) is 19.9 Å². The minimum Gasteiger partial charge on any atom is -0.434 e. The van der Waals surface area contributed by atoms with Crippen LogP contribution in [0.3, 0.4) is 0 Å². The maximum absolute atomic E-state index is 12.4. The van der Waals surface area contributed by atoms with Gasteiger partial charge in [0.2, 0.25) is 0 Å². The number of benzene rings is 1. The Bertz CT molecular complexity index is 488. The molecule has 8 heteroatoms. The lowest BCUT2D eigenvalue weighted by Crippen LogP contribution is -2.38. The number of nitrogens with zero attached hydrogens (tertiary/aromatic N) is 1. The summed E-state index contributed by atoms with van der Waals surface area (Å²) < 4.78 is 34.6. The highest BCUT2D eigenvalue weighted by molar-refractivity contribution is 14.0. The summed E-state index contributed by atoms with van der Waals surface area (Å²) in [7, 11) is 1.64. The van der Waals surface area contributed by atoms with Crippen molar-refractivity contribution >= 4 is 29.9 Å². The van der Waals surface area contributed by atoms with E-state index in [2.05, 4.69) is 20.4 Å². The van der Waals surface area contributed by atoms with Gasteiger partial charge in [0.05, 0.1) is 6.61 Å². The Hall–Kier alpha value is -1.16. The summed E-state index contributed by atoms with van der Waals surface area (Å²) in [6.07, 6.45) is 0. The van der Waals surface area contributed by atoms with Crippen molar-refractivity contribution in [1.29, 1.82) is 0 Å². The Morgan fingerprint density at radius 1 is 1.30 bits per heavy atom. The highest BCUT2D eigenvalue weighted by Gasteiger charge is 2.10. The van der Waals surface area contributed by atoms with Crippen LogP contribution in [0, 0.1) is 6.92 Å². The molecule has 0 heterocycles. The fourth-order valence-electron chi connectivity index (χ4n) is 1.84. The standard InChI is InChI=1S/C15H23F2N3O2.HI/c1-4-21-8-7-19-15(18-3)20-10-12-9-11(2)5-6-13(12)22-14(16)17;/h5-6,9,14H,4,7-8,10H2,1-3H3,(H2,18,19,20);1H. The lowest BCUT2D eigenvalue weighted by molar-refractivity contribution is -0.0504. The average molecular weight is 443 g/mol. The second-order valence-electron chi connectivity index (χ2n) is 4.54. The maximum atomic E-state index is 12.4. The summed E-state index contributed by atoms with van der Waals surface area (Å²) in [6, 6.07) is 5.08. The number of alkyl halides is 2. The highest BCUT2D eigenvalue weighted by Crippen LogP contribution is 2.21. The molecule has 0 radical (unpaired) electrons. The number of nitrogens with one attached hydrogen (secondary N) is 2. The lowest BCUT2D eigenvalue weighted by atomic mass is 10.1. The quantitative estimate of drug-likeness (QED) is 0.281. The third kappa shape index (κ3) is 8.89. The highest BCUT2D eigenvalue weighted by atomic mass is 127. The molecule has 2 N–H and O–H groups in total. The number of guanidine groups is 1. The summed E-state index contributed by atoms with van der Waals surface area (Å²) in [4.78, 5) is 4.06. The first-order chi connectivity index (χ1) is 10.6. The number of aryl methyl sites for hydroxylation is 1. The van der Waals surface area contributed by atoms with E-state index < -0.39 is 6.61 Å². The zero-order valence-corrected chi connectivity index (χ0v) is 15.9. The van der Waals surface area contributed by atoms with Gasteiger partial charge in [0.15, 0.2) is 5.96 Å². The van der Waals surface area contributed by atoms with Gasteiger partial charge in [-0.2, -0.15) is 8.78 Å². The molecule has 5 nitrogen and oxygen atoms in total. The number of rotatable bonds is 8. The second-order valence-corrected chi connectivity index (χ2v) is 4.54. The molecule has 0 aliphatic carbocycles. The van der Waals surface area contributed by atoms with Crippen molar-refractivity contribution in [3.8, 4) is 5.75 Å². The van der Waals surface area contributed by atoms with E-state index in [1.54, 1.807) is 25.2 Å². The monoisotopic (exact) mass is 443 g/mol. The van der Waals surface area contributed by atoms with Crippen LogP contribution in [-0.2, 0) is 11.3 Å². The molecular formula is C15H24F2IN3O2. The summed E-state index contributed by atoms with van der Waals surface area (Å²) in [5, 5.41) is 6.14. The average Bonchev–Trinajstić information content (AvgIpc) is 2.48. The van der Waals surface area contributed by atoms with Crippen LogP contribution in [0.2, 0.25) is 0 Å². The van der Waals surface area contributed by atoms with Gasteiger partial charge in [0.25, 0.3) is 0 Å². The van der Waals surface area contributed by atoms with Crippen LogP contribution in [0.1, 0.15) is 18.1 Å². The molecule has 132 valence electrons. The van der Waals surface area contributed by atoms with Crippen molar-refractivity contribution in [2.75, 3.05) is 26.8 Å². The molecular weight excluding hydrogens is 419 g/mol. The minimum absolute atomic E-state index is 0. The Labute approximate surface area is 152 Å². The fraction of sp³-hybridized carbons (Fsp3) is 0.533. The molecule has 1 aromatic carbocycles. The van der Waals surface area contributed by atoms with Gasteiger partial charge in [-0.3, -0.25) is 4.99 Å². The third-order valence-corrected chi connectivity index (χ3v) is 2.84. The summed E-state index contributed by atoms with van der Waals surface area (Å²) >= 11 is 0. The predicted molar refractivity (Wildman–Crippen MR) is 97.9 cm³/mol. The van der Waals surface area contributed by atoms with Crippen LogP contribution >= 0.6 is 24.0 Å². The van der Waals surface area contributed by atoms with Gasteiger partial charge in [0.1, 0.15) is 5.75 Å². The Morgan fingerprint density at radius 2 is 2.04 bits per heavy atom. The van der Waals surface area contributed by atoms with Crippen LogP contribution < -0.4 is 15.4 Å². The molecule has 0 aliphatic rings. The molecule has 0 aliphatic heterocycles. The van der Waals surface area contributed by atoms with Gasteiger partial charge in [-0.15, -0.1) is 24.0 Å². The molecule has 23 heavy (non-hydrogen) atoms. The molecule has 0 saturated heterocycles. The second kappa shape index (κ2) is 12.3. The normalized spacial score (nSPS) is 11.1. The SMILES string of the molecule is CCOCCNC(=NC)NCc1cc(C)ccc1OC(F)F.I. The molecule has 0 amide bonds. The number of hydrogen-bond acceptors (Lipinski definition) is 3. The molecule has 0 saturated carbocycles. The fourth-order valence-corrected chi connectivity index (χ4v) is 1.84. The molecule has 0 bridgehead atoms. The first-order valence-electron chi connectivity index (χ1n) is 7.13. The smallest absolute Gasteiger partial charge is 0.387 e. The predicted octanol–water partition coefficient (Wildman–Crippen LogP) is 2.92. The van der Waals surface area contributed by atoms with Crippen molar-refractivity contribution in [1.82, 2.24) is 10.6 Å². The molecule has 0 fully saturated rings. The zero-order valence-electron chi connectivity index (χ0n) is 13.6. The molecule has 1 aromatic rings. The Balaban J connectivity index is 0.00000484. The summed E-state index contributed by atoms with van der Waals surface area (Å²) in [6.45, 7) is 3.15. The van der Waals surface area contributed by atoms with Gasteiger partial charge < -0.3 is 20.1 Å². The van der Waals surface area contributed by atoms with E-state index in [-0.39, 0.29) is 29.7 Å². The number of hydrogen-bond donors (Lipinski definition) is 2. The first-order valence-corrected chi connectivity index (χ1v) is 7.13. The summed E-state index contributed by atoms with van der Waals surface area (Å²) in [5.74, 6) is 0.738. The summed E-state index contributed by atoms with van der Waals surface area (Å²) in [5.41, 5.74) is 1.62. The van der Waals surface area contributed by atoms with Crippen molar-refractivity contribution < 1.29 is 18.3 Å². The van der Waals surface area contributed by atoms with Crippen LogP contribution in [0.25, 0.3) is 0 Å². The molecule has 0 aromatic heterocycles. The van der Waals surface area contributed by atoms with E-state index in [1.165, 1.54) is 0 Å². The van der Waals surface area contributed by atoms with Crippen molar-refractivity contribution in [2.24, 2.45) is 4.99 Å². The largest absolute Gasteiger partial charge is 0.434 e. The third-order valence-electron chi connectivity index (χ3n) is 2.84. The number of halogens is 3. The topological polar surface area (TPSA) is 54.9 Å². The number of aliphatic imine (C=N–C) groups is 1. The van der Waals surface area contributed by atoms with E-state index in [0.717, 1.165) is 5.56 Å². The van der Waals surface area contributed by atoms with Crippen LogP contribution in [-0.4, -0.2) is 39.4 Å². The lowest BCUT2D eigenvalue weighted by Gasteiger charge is -2.15. The Kier molecular flexibility index (Phi) is 11.7. The van der Waals surface area contributed by atoms with Crippen LogP contribution in [0.15, 0.2) is 23.2 Å². The van der Waals surface area contributed by atoms with Gasteiger partial charge in [-0.25, -0.2) is 0 Å². The Morgan fingerprint density at radius 3 is 2.65 bits per heavy atom. The first kappa shape index (κ1) is 21.8. The molecule has 0 unspecified atom stereocenters. The van der Waals surface area contributed by atoms with E-state index in [1.807, 2.05) is 13.8 Å². The van der Waals surface area contributed by atoms with E-state index >= 15 is 0 Å². The van der Waals surface area contributed by atoms with E-state index in [9.17, 15) is 8.78 Å². The maximum Gasteiger partial charge on any atom is 0.387 e. The minimum atomic E-state index is -2.84.